The lowest BCUT2D eigenvalue weighted by molar-refractivity contribution is 0.178. The first-order chi connectivity index (χ1) is 9.63. The van der Waals surface area contributed by atoms with Gasteiger partial charge in [-0.05, 0) is 35.4 Å². The van der Waals surface area contributed by atoms with Crippen molar-refractivity contribution in [1.29, 1.82) is 0 Å². The fraction of sp³-hybridized carbons (Fsp3) is 0.250. The van der Waals surface area contributed by atoms with Crippen molar-refractivity contribution in [1.82, 2.24) is 0 Å². The highest BCUT2D eigenvalue weighted by atomic mass is 19.1. The van der Waals surface area contributed by atoms with Gasteiger partial charge in [-0.1, -0.05) is 18.2 Å². The highest BCUT2D eigenvalue weighted by Crippen LogP contribution is 2.29. The van der Waals surface area contributed by atoms with Crippen LogP contribution >= 0.6 is 0 Å². The van der Waals surface area contributed by atoms with Crippen LogP contribution in [0, 0.1) is 5.82 Å². The first-order valence-corrected chi connectivity index (χ1v) is 6.28. The third-order valence-corrected chi connectivity index (χ3v) is 3.11. The molecule has 1 unspecified atom stereocenters. The molecule has 0 aromatic heterocycles. The molecule has 2 rings (SSSR count). The largest absolute Gasteiger partial charge is 0.493 e. The maximum Gasteiger partial charge on any atom is 0.160 e. The fourth-order valence-corrected chi connectivity index (χ4v) is 2.06. The van der Waals surface area contributed by atoms with Crippen molar-refractivity contribution < 1.29 is 19.0 Å². The van der Waals surface area contributed by atoms with Gasteiger partial charge in [0.2, 0.25) is 0 Å². The van der Waals surface area contributed by atoms with E-state index in [0.717, 1.165) is 5.56 Å². The van der Waals surface area contributed by atoms with Crippen LogP contribution in [0.4, 0.5) is 4.39 Å². The number of aliphatic hydroxyl groups excluding tert-OH is 1. The zero-order valence-electron chi connectivity index (χ0n) is 11.5. The number of halogens is 1. The number of rotatable bonds is 5. The van der Waals surface area contributed by atoms with Crippen LogP contribution in [0.25, 0.3) is 0 Å². The second-order valence-corrected chi connectivity index (χ2v) is 4.46. The molecule has 0 aliphatic carbocycles. The van der Waals surface area contributed by atoms with Crippen molar-refractivity contribution in [3.63, 3.8) is 0 Å². The second kappa shape index (κ2) is 6.39. The second-order valence-electron chi connectivity index (χ2n) is 4.46. The quantitative estimate of drug-likeness (QED) is 0.912. The van der Waals surface area contributed by atoms with Crippen molar-refractivity contribution in [2.75, 3.05) is 14.2 Å². The summed E-state index contributed by atoms with van der Waals surface area (Å²) in [5, 5.41) is 10.1. The molecule has 3 nitrogen and oxygen atoms in total. The van der Waals surface area contributed by atoms with Gasteiger partial charge < -0.3 is 14.6 Å². The van der Waals surface area contributed by atoms with Crippen LogP contribution in [0.3, 0.4) is 0 Å². The number of hydrogen-bond acceptors (Lipinski definition) is 3. The van der Waals surface area contributed by atoms with Crippen LogP contribution in [0.2, 0.25) is 0 Å². The van der Waals surface area contributed by atoms with E-state index in [2.05, 4.69) is 0 Å². The standard InChI is InChI=1S/C16H17FO3/c1-19-15-7-6-11(9-16(15)20-2)8-14(18)12-4-3-5-13(17)10-12/h3-7,9-10,14,18H,8H2,1-2H3. The highest BCUT2D eigenvalue weighted by molar-refractivity contribution is 5.43. The summed E-state index contributed by atoms with van der Waals surface area (Å²) in [5.74, 6) is 0.891. The molecule has 20 heavy (non-hydrogen) atoms. The molecular formula is C16H17FO3. The minimum atomic E-state index is -0.760. The minimum absolute atomic E-state index is 0.353. The van der Waals surface area contributed by atoms with Crippen molar-refractivity contribution in [2.45, 2.75) is 12.5 Å². The van der Waals surface area contributed by atoms with E-state index in [-0.39, 0.29) is 5.82 Å². The molecule has 0 fully saturated rings. The molecule has 2 aromatic rings. The van der Waals surface area contributed by atoms with Gasteiger partial charge in [-0.3, -0.25) is 0 Å². The number of benzene rings is 2. The van der Waals surface area contributed by atoms with Gasteiger partial charge in [-0.2, -0.15) is 0 Å². The topological polar surface area (TPSA) is 38.7 Å². The zero-order chi connectivity index (χ0) is 14.5. The summed E-state index contributed by atoms with van der Waals surface area (Å²) in [6.07, 6.45) is -0.382. The van der Waals surface area contributed by atoms with E-state index in [0.29, 0.717) is 23.5 Å². The molecule has 0 aliphatic rings. The van der Waals surface area contributed by atoms with Gasteiger partial charge in [0, 0.05) is 6.42 Å². The van der Waals surface area contributed by atoms with Crippen molar-refractivity contribution >= 4 is 0 Å². The Balaban J connectivity index is 2.17. The van der Waals surface area contributed by atoms with Gasteiger partial charge in [-0.15, -0.1) is 0 Å². The molecule has 1 atom stereocenters. The summed E-state index contributed by atoms with van der Waals surface area (Å²) in [6, 6.07) is 11.4. The van der Waals surface area contributed by atoms with Crippen LogP contribution in [-0.2, 0) is 6.42 Å². The van der Waals surface area contributed by atoms with Gasteiger partial charge in [0.15, 0.2) is 11.5 Å². The Hall–Kier alpha value is -2.07. The molecular weight excluding hydrogens is 259 g/mol. The lowest BCUT2D eigenvalue weighted by atomic mass is 10.0. The average molecular weight is 276 g/mol. The van der Waals surface area contributed by atoms with Crippen LogP contribution in [0.15, 0.2) is 42.5 Å². The van der Waals surface area contributed by atoms with E-state index in [9.17, 15) is 9.50 Å². The van der Waals surface area contributed by atoms with Gasteiger partial charge in [0.1, 0.15) is 5.82 Å². The molecule has 0 spiro atoms. The first kappa shape index (κ1) is 14.3. The molecule has 0 radical (unpaired) electrons. The lowest BCUT2D eigenvalue weighted by Crippen LogP contribution is -2.03. The number of aliphatic hydroxyl groups is 1. The van der Waals surface area contributed by atoms with Gasteiger partial charge in [0.25, 0.3) is 0 Å². The highest BCUT2D eigenvalue weighted by Gasteiger charge is 2.11. The van der Waals surface area contributed by atoms with E-state index in [1.54, 1.807) is 38.5 Å². The summed E-state index contributed by atoms with van der Waals surface area (Å²) in [4.78, 5) is 0. The van der Waals surface area contributed by atoms with Crippen molar-refractivity contribution in [3.8, 4) is 11.5 Å². The Morgan fingerprint density at radius 3 is 2.45 bits per heavy atom. The van der Waals surface area contributed by atoms with Crippen LogP contribution < -0.4 is 9.47 Å². The Bertz CT molecular complexity index is 584. The number of hydrogen-bond donors (Lipinski definition) is 1. The van der Waals surface area contributed by atoms with E-state index < -0.39 is 6.10 Å². The SMILES string of the molecule is COc1ccc(CC(O)c2cccc(F)c2)cc1OC. The molecule has 4 heteroatoms. The molecule has 0 bridgehead atoms. The smallest absolute Gasteiger partial charge is 0.160 e. The Morgan fingerprint density at radius 2 is 1.80 bits per heavy atom. The summed E-state index contributed by atoms with van der Waals surface area (Å²) >= 11 is 0. The van der Waals surface area contributed by atoms with Crippen LogP contribution in [-0.4, -0.2) is 19.3 Å². The van der Waals surface area contributed by atoms with E-state index in [1.165, 1.54) is 12.1 Å². The summed E-state index contributed by atoms with van der Waals surface area (Å²) < 4.78 is 23.5. The van der Waals surface area contributed by atoms with E-state index in [1.807, 2.05) is 6.07 Å². The van der Waals surface area contributed by atoms with Crippen molar-refractivity contribution in [3.05, 3.63) is 59.4 Å². The minimum Gasteiger partial charge on any atom is -0.493 e. The lowest BCUT2D eigenvalue weighted by Gasteiger charge is -2.13. The third-order valence-electron chi connectivity index (χ3n) is 3.11. The normalized spacial score (nSPS) is 12.0. The first-order valence-electron chi connectivity index (χ1n) is 6.28. The molecule has 0 amide bonds. The maximum absolute atomic E-state index is 13.1. The molecule has 106 valence electrons. The van der Waals surface area contributed by atoms with E-state index >= 15 is 0 Å². The molecule has 1 N–H and O–H groups in total. The Morgan fingerprint density at radius 1 is 1.05 bits per heavy atom. The molecule has 2 aromatic carbocycles. The number of methoxy groups -OCH3 is 2. The van der Waals surface area contributed by atoms with Crippen LogP contribution in [0.1, 0.15) is 17.2 Å². The number of ether oxygens (including phenoxy) is 2. The van der Waals surface area contributed by atoms with E-state index in [4.69, 9.17) is 9.47 Å². The maximum atomic E-state index is 13.1. The van der Waals surface area contributed by atoms with Gasteiger partial charge in [-0.25, -0.2) is 4.39 Å². The van der Waals surface area contributed by atoms with Crippen LogP contribution in [0.5, 0.6) is 11.5 Å². The Labute approximate surface area is 117 Å². The predicted octanol–water partition coefficient (Wildman–Crippen LogP) is 3.12. The molecule has 0 aliphatic heterocycles. The van der Waals surface area contributed by atoms with Gasteiger partial charge in [0.05, 0.1) is 20.3 Å². The monoisotopic (exact) mass is 276 g/mol. The third kappa shape index (κ3) is 3.27. The predicted molar refractivity (Wildman–Crippen MR) is 74.6 cm³/mol. The summed E-state index contributed by atoms with van der Waals surface area (Å²) in [5.41, 5.74) is 1.44. The summed E-state index contributed by atoms with van der Waals surface area (Å²) in [6.45, 7) is 0. The molecule has 0 saturated heterocycles. The Kier molecular flexibility index (Phi) is 4.58. The average Bonchev–Trinajstić information content (AvgIpc) is 2.47. The van der Waals surface area contributed by atoms with Crippen molar-refractivity contribution in [2.24, 2.45) is 0 Å². The zero-order valence-corrected chi connectivity index (χ0v) is 11.5. The fourth-order valence-electron chi connectivity index (χ4n) is 2.06. The van der Waals surface area contributed by atoms with Gasteiger partial charge >= 0.3 is 0 Å². The molecule has 0 heterocycles. The summed E-state index contributed by atoms with van der Waals surface area (Å²) in [7, 11) is 3.13. The molecule has 0 saturated carbocycles.